The third-order valence-corrected chi connectivity index (χ3v) is 5.50. The monoisotopic (exact) mass is 394 g/mol. The Labute approximate surface area is 173 Å². The second-order valence-corrected chi connectivity index (χ2v) is 8.76. The molecule has 0 spiro atoms. The Morgan fingerprint density at radius 1 is 1.17 bits per heavy atom. The summed E-state index contributed by atoms with van der Waals surface area (Å²) in [6.07, 6.45) is 3.24. The predicted molar refractivity (Wildman–Crippen MR) is 112 cm³/mol. The van der Waals surface area contributed by atoms with Crippen LogP contribution in [0.1, 0.15) is 62.2 Å². The normalized spacial score (nSPS) is 19.2. The first-order chi connectivity index (χ1) is 13.8. The lowest BCUT2D eigenvalue weighted by Crippen LogP contribution is -2.41. The van der Waals surface area contributed by atoms with E-state index in [1.165, 1.54) is 0 Å². The number of pyridine rings is 1. The van der Waals surface area contributed by atoms with Gasteiger partial charge in [-0.05, 0) is 30.0 Å². The number of hydrogen-bond donors (Lipinski definition) is 0. The molecular weight excluding hydrogens is 364 g/mol. The summed E-state index contributed by atoms with van der Waals surface area (Å²) in [4.78, 5) is 32.2. The maximum atomic E-state index is 13.3. The van der Waals surface area contributed by atoms with Gasteiger partial charge >= 0.3 is 5.97 Å². The summed E-state index contributed by atoms with van der Waals surface area (Å²) in [5, 5.41) is 0. The quantitative estimate of drug-likeness (QED) is 0.707. The van der Waals surface area contributed by atoms with Crippen molar-refractivity contribution in [1.29, 1.82) is 0 Å². The fourth-order valence-electron chi connectivity index (χ4n) is 3.63. The molecule has 2 atom stereocenters. The topological polar surface area (TPSA) is 59.5 Å². The van der Waals surface area contributed by atoms with Gasteiger partial charge in [0.2, 0.25) is 0 Å². The van der Waals surface area contributed by atoms with Crippen molar-refractivity contribution in [2.45, 2.75) is 58.6 Å². The lowest BCUT2D eigenvalue weighted by atomic mass is 9.91. The van der Waals surface area contributed by atoms with Gasteiger partial charge in [0.1, 0.15) is 12.6 Å². The first kappa shape index (κ1) is 21.0. The molecule has 1 amide bonds. The Balaban J connectivity index is 1.76. The van der Waals surface area contributed by atoms with E-state index in [0.29, 0.717) is 24.4 Å². The zero-order valence-electron chi connectivity index (χ0n) is 17.7. The second kappa shape index (κ2) is 8.76. The van der Waals surface area contributed by atoms with Crippen LogP contribution < -0.4 is 0 Å². The van der Waals surface area contributed by atoms with Gasteiger partial charge in [0.15, 0.2) is 0 Å². The highest BCUT2D eigenvalue weighted by Crippen LogP contribution is 2.29. The minimum Gasteiger partial charge on any atom is -0.459 e. The number of hydrogen-bond acceptors (Lipinski definition) is 4. The molecule has 2 aromatic rings. The third kappa shape index (κ3) is 5.03. The summed E-state index contributed by atoms with van der Waals surface area (Å²) in [5.74, 6) is -0.157. The van der Waals surface area contributed by atoms with Crippen LogP contribution in [0.3, 0.4) is 0 Å². The molecule has 5 heteroatoms. The SMILES string of the molecule is CC[C@@H]1C[C@H](C(=O)OCc2ccccc2)N(C(=O)c2ccnc(C(C)(C)C)c2)C1. The van der Waals surface area contributed by atoms with Gasteiger partial charge in [0.25, 0.3) is 5.91 Å². The average molecular weight is 395 g/mol. The average Bonchev–Trinajstić information content (AvgIpc) is 3.16. The summed E-state index contributed by atoms with van der Waals surface area (Å²) < 4.78 is 5.55. The predicted octanol–water partition coefficient (Wildman–Crippen LogP) is 4.36. The van der Waals surface area contributed by atoms with Crippen molar-refractivity contribution in [3.05, 3.63) is 65.5 Å². The van der Waals surface area contributed by atoms with Gasteiger partial charge in [-0.2, -0.15) is 0 Å². The van der Waals surface area contributed by atoms with Crippen LogP contribution in [-0.2, 0) is 21.6 Å². The molecule has 0 aliphatic carbocycles. The Morgan fingerprint density at radius 2 is 1.90 bits per heavy atom. The van der Waals surface area contributed by atoms with E-state index in [9.17, 15) is 9.59 Å². The molecule has 0 N–H and O–H groups in total. The number of nitrogens with zero attached hydrogens (tertiary/aromatic N) is 2. The number of amides is 1. The van der Waals surface area contributed by atoms with E-state index < -0.39 is 6.04 Å². The van der Waals surface area contributed by atoms with Gasteiger partial charge in [-0.15, -0.1) is 0 Å². The van der Waals surface area contributed by atoms with Crippen LogP contribution in [0, 0.1) is 5.92 Å². The minimum atomic E-state index is -0.539. The van der Waals surface area contributed by atoms with Crippen molar-refractivity contribution in [2.24, 2.45) is 5.92 Å². The number of carbonyl (C=O) groups is 2. The fourth-order valence-corrected chi connectivity index (χ4v) is 3.63. The lowest BCUT2D eigenvalue weighted by Gasteiger charge is -2.24. The van der Waals surface area contributed by atoms with Gasteiger partial charge in [-0.3, -0.25) is 9.78 Å². The number of rotatable bonds is 5. The summed E-state index contributed by atoms with van der Waals surface area (Å²) in [6, 6.07) is 12.6. The zero-order valence-corrected chi connectivity index (χ0v) is 17.7. The molecule has 1 saturated heterocycles. The van der Waals surface area contributed by atoms with Crippen molar-refractivity contribution in [3.63, 3.8) is 0 Å². The highest BCUT2D eigenvalue weighted by Gasteiger charge is 2.40. The smallest absolute Gasteiger partial charge is 0.329 e. The first-order valence-electron chi connectivity index (χ1n) is 10.3. The summed E-state index contributed by atoms with van der Waals surface area (Å²) in [5.41, 5.74) is 2.22. The van der Waals surface area contributed by atoms with Crippen LogP contribution in [0.15, 0.2) is 48.7 Å². The Morgan fingerprint density at radius 3 is 2.55 bits per heavy atom. The van der Waals surface area contributed by atoms with E-state index in [1.54, 1.807) is 17.2 Å². The van der Waals surface area contributed by atoms with E-state index in [0.717, 1.165) is 17.7 Å². The van der Waals surface area contributed by atoms with Crippen LogP contribution in [0.5, 0.6) is 0 Å². The van der Waals surface area contributed by atoms with E-state index in [4.69, 9.17) is 4.74 Å². The van der Waals surface area contributed by atoms with Crippen molar-refractivity contribution >= 4 is 11.9 Å². The van der Waals surface area contributed by atoms with E-state index in [-0.39, 0.29) is 23.9 Å². The van der Waals surface area contributed by atoms with Crippen molar-refractivity contribution in [3.8, 4) is 0 Å². The van der Waals surface area contributed by atoms with Crippen LogP contribution in [0.25, 0.3) is 0 Å². The molecule has 1 fully saturated rings. The number of ether oxygens (including phenoxy) is 1. The number of likely N-dealkylation sites (tertiary alicyclic amines) is 1. The van der Waals surface area contributed by atoms with Crippen LogP contribution in [0.2, 0.25) is 0 Å². The van der Waals surface area contributed by atoms with E-state index in [1.807, 2.05) is 36.4 Å². The molecule has 29 heavy (non-hydrogen) atoms. The van der Waals surface area contributed by atoms with Gasteiger partial charge < -0.3 is 9.64 Å². The molecule has 1 aliphatic rings. The summed E-state index contributed by atoms with van der Waals surface area (Å²) >= 11 is 0. The maximum absolute atomic E-state index is 13.3. The Hall–Kier alpha value is -2.69. The van der Waals surface area contributed by atoms with Crippen molar-refractivity contribution in [2.75, 3.05) is 6.54 Å². The first-order valence-corrected chi connectivity index (χ1v) is 10.3. The molecule has 154 valence electrons. The van der Waals surface area contributed by atoms with E-state index in [2.05, 4.69) is 32.7 Å². The highest BCUT2D eigenvalue weighted by atomic mass is 16.5. The molecule has 2 heterocycles. The fraction of sp³-hybridized carbons (Fsp3) is 0.458. The minimum absolute atomic E-state index is 0.129. The van der Waals surface area contributed by atoms with Crippen molar-refractivity contribution in [1.82, 2.24) is 9.88 Å². The molecule has 1 aromatic carbocycles. The van der Waals surface area contributed by atoms with Crippen molar-refractivity contribution < 1.29 is 14.3 Å². The van der Waals surface area contributed by atoms with E-state index >= 15 is 0 Å². The maximum Gasteiger partial charge on any atom is 0.329 e. The molecule has 1 aliphatic heterocycles. The van der Waals surface area contributed by atoms with Gasteiger partial charge in [-0.25, -0.2) is 4.79 Å². The van der Waals surface area contributed by atoms with Crippen LogP contribution >= 0.6 is 0 Å². The molecule has 0 saturated carbocycles. The van der Waals surface area contributed by atoms with Crippen LogP contribution in [0.4, 0.5) is 0 Å². The largest absolute Gasteiger partial charge is 0.459 e. The Kier molecular flexibility index (Phi) is 6.36. The lowest BCUT2D eigenvalue weighted by molar-refractivity contribution is -0.149. The molecule has 0 bridgehead atoms. The summed E-state index contributed by atoms with van der Waals surface area (Å²) in [6.45, 7) is 9.09. The van der Waals surface area contributed by atoms with Gasteiger partial charge in [0, 0.05) is 29.4 Å². The molecule has 1 aromatic heterocycles. The van der Waals surface area contributed by atoms with Gasteiger partial charge in [0.05, 0.1) is 0 Å². The third-order valence-electron chi connectivity index (χ3n) is 5.50. The standard InChI is InChI=1S/C24H30N2O3/c1-5-17-13-20(23(28)29-16-18-9-7-6-8-10-18)26(15-17)22(27)19-11-12-25-21(14-19)24(2,3)4/h6-12,14,17,20H,5,13,15-16H2,1-4H3/t17-,20-/m1/s1. The number of esters is 1. The number of aromatic nitrogens is 1. The van der Waals surface area contributed by atoms with Gasteiger partial charge in [-0.1, -0.05) is 64.4 Å². The molecular formula is C24H30N2O3. The molecule has 3 rings (SSSR count). The Bertz CT molecular complexity index is 858. The summed E-state index contributed by atoms with van der Waals surface area (Å²) in [7, 11) is 0. The molecule has 0 unspecified atom stereocenters. The molecule has 5 nitrogen and oxygen atoms in total. The highest BCUT2D eigenvalue weighted by molar-refractivity contribution is 5.97. The second-order valence-electron chi connectivity index (χ2n) is 8.76. The number of carbonyl (C=O) groups excluding carboxylic acids is 2. The number of benzene rings is 1. The molecule has 0 radical (unpaired) electrons. The van der Waals surface area contributed by atoms with Crippen LogP contribution in [-0.4, -0.2) is 34.3 Å². The zero-order chi connectivity index (χ0) is 21.0.